The van der Waals surface area contributed by atoms with Gasteiger partial charge in [-0.25, -0.2) is 4.79 Å². The smallest absolute Gasteiger partial charge is 0.345 e. The highest BCUT2D eigenvalue weighted by atomic mass is 16.5. The quantitative estimate of drug-likeness (QED) is 0.159. The first-order chi connectivity index (χ1) is 12.7. The number of allylic oxidation sites excluding steroid dienone is 2. The van der Waals surface area contributed by atoms with Gasteiger partial charge in [-0.05, 0) is 32.1 Å². The minimum absolute atomic E-state index is 0.138. The van der Waals surface area contributed by atoms with E-state index in [0.717, 1.165) is 25.7 Å². The van der Waals surface area contributed by atoms with Gasteiger partial charge in [-0.15, -0.1) is 0 Å². The van der Waals surface area contributed by atoms with Crippen LogP contribution < -0.4 is 0 Å². The molecule has 0 fully saturated rings. The summed E-state index contributed by atoms with van der Waals surface area (Å²) in [6.07, 6.45) is 20.6. The number of carbonyl (C=O) groups is 2. The fraction of sp³-hybridized carbons (Fsp3) is 0.727. The minimum atomic E-state index is -0.680. The lowest BCUT2D eigenvalue weighted by Crippen LogP contribution is -2.10. The maximum Gasteiger partial charge on any atom is 0.345 e. The van der Waals surface area contributed by atoms with Gasteiger partial charge < -0.3 is 9.84 Å². The molecule has 0 spiro atoms. The zero-order chi connectivity index (χ0) is 19.0. The lowest BCUT2D eigenvalue weighted by Gasteiger charge is -2.01. The van der Waals surface area contributed by atoms with E-state index >= 15 is 0 Å². The van der Waals surface area contributed by atoms with Crippen LogP contribution in [0.4, 0.5) is 0 Å². The summed E-state index contributed by atoms with van der Waals surface area (Å²) in [5.74, 6) is -1.18. The van der Waals surface area contributed by atoms with Gasteiger partial charge in [0.25, 0.3) is 0 Å². The monoisotopic (exact) mass is 364 g/mol. The first kappa shape index (κ1) is 22.5. The molecule has 0 aromatic carbocycles. The third-order valence-corrected chi connectivity index (χ3v) is 4.78. The number of ether oxygens (including phenoxy) is 1. The predicted octanol–water partition coefficient (Wildman–Crippen LogP) is 5.96. The average Bonchev–Trinajstić information content (AvgIpc) is 2.96. The minimum Gasteiger partial charge on any atom is -0.508 e. The Morgan fingerprint density at radius 2 is 1.46 bits per heavy atom. The molecule has 4 heteroatoms. The molecule has 1 aliphatic heterocycles. The average molecular weight is 365 g/mol. The molecule has 0 saturated carbocycles. The molecule has 1 heterocycles. The van der Waals surface area contributed by atoms with Gasteiger partial charge in [-0.2, -0.15) is 0 Å². The Labute approximate surface area is 158 Å². The number of aliphatic hydroxyl groups excluding tert-OH is 1. The lowest BCUT2D eigenvalue weighted by molar-refractivity contribution is -0.137. The Morgan fingerprint density at radius 1 is 0.923 bits per heavy atom. The largest absolute Gasteiger partial charge is 0.508 e. The van der Waals surface area contributed by atoms with Gasteiger partial charge in [0.05, 0.1) is 0 Å². The van der Waals surface area contributed by atoms with Crippen molar-refractivity contribution >= 4 is 11.8 Å². The van der Waals surface area contributed by atoms with Gasteiger partial charge >= 0.3 is 5.97 Å². The molecule has 0 unspecified atom stereocenters. The second-order valence-corrected chi connectivity index (χ2v) is 7.16. The molecular weight excluding hydrogens is 328 g/mol. The number of Topliss-reactive ketones (excluding diaryl/α,β-unsaturated/α-hetero) is 1. The van der Waals surface area contributed by atoms with Crippen molar-refractivity contribution in [1.82, 2.24) is 0 Å². The van der Waals surface area contributed by atoms with Crippen LogP contribution in [-0.2, 0) is 14.3 Å². The molecule has 0 atom stereocenters. The molecule has 0 aromatic heterocycles. The summed E-state index contributed by atoms with van der Waals surface area (Å²) in [7, 11) is 0. The third-order valence-electron chi connectivity index (χ3n) is 4.78. The predicted molar refractivity (Wildman–Crippen MR) is 105 cm³/mol. The first-order valence-corrected chi connectivity index (χ1v) is 10.4. The van der Waals surface area contributed by atoms with Crippen molar-refractivity contribution in [3.05, 3.63) is 23.5 Å². The van der Waals surface area contributed by atoms with Crippen LogP contribution in [0.25, 0.3) is 0 Å². The van der Waals surface area contributed by atoms with E-state index in [4.69, 9.17) is 0 Å². The van der Waals surface area contributed by atoms with E-state index < -0.39 is 5.97 Å². The molecule has 4 nitrogen and oxygen atoms in total. The maximum absolute atomic E-state index is 11.9. The molecule has 1 rings (SSSR count). The van der Waals surface area contributed by atoms with Gasteiger partial charge in [-0.1, -0.05) is 70.4 Å². The number of hydrogen-bond donors (Lipinski definition) is 1. The molecule has 0 aromatic rings. The van der Waals surface area contributed by atoms with E-state index in [1.807, 2.05) is 0 Å². The summed E-state index contributed by atoms with van der Waals surface area (Å²) in [6.45, 7) is 2.09. The van der Waals surface area contributed by atoms with E-state index in [2.05, 4.69) is 23.8 Å². The highest BCUT2D eigenvalue weighted by Crippen LogP contribution is 2.18. The van der Waals surface area contributed by atoms with Crippen molar-refractivity contribution in [1.29, 1.82) is 0 Å². The number of esters is 1. The Kier molecular flexibility index (Phi) is 12.6. The zero-order valence-corrected chi connectivity index (χ0v) is 16.4. The Hall–Kier alpha value is -1.58. The van der Waals surface area contributed by atoms with Crippen molar-refractivity contribution in [2.75, 3.05) is 6.61 Å². The second kappa shape index (κ2) is 14.6. The molecule has 0 bridgehead atoms. The van der Waals surface area contributed by atoms with E-state index in [1.165, 1.54) is 57.8 Å². The first-order valence-electron chi connectivity index (χ1n) is 10.4. The number of hydrogen-bond acceptors (Lipinski definition) is 4. The van der Waals surface area contributed by atoms with Gasteiger partial charge in [0.2, 0.25) is 0 Å². The highest BCUT2D eigenvalue weighted by molar-refractivity contribution is 6.18. The van der Waals surface area contributed by atoms with Gasteiger partial charge in [0.15, 0.2) is 5.78 Å². The molecule has 1 aliphatic rings. The number of unbranched alkanes of at least 4 members (excludes halogenated alkanes) is 11. The standard InChI is InChI=1S/C22H36O4/c1-2-3-4-5-6-7-8-9-10-11-12-13-14-15-16-17-19(23)21-20(24)18-26-22(21)25/h9-10,24H,2-8,11-18H2,1H3. The summed E-state index contributed by atoms with van der Waals surface area (Å²) in [5, 5.41) is 9.46. The number of rotatable bonds is 16. The number of ketones is 1. The molecule has 0 amide bonds. The Morgan fingerprint density at radius 3 is 2.00 bits per heavy atom. The van der Waals surface area contributed by atoms with Crippen LogP contribution in [0.15, 0.2) is 23.5 Å². The summed E-state index contributed by atoms with van der Waals surface area (Å²) in [5.41, 5.74) is -0.138. The lowest BCUT2D eigenvalue weighted by atomic mass is 10.0. The summed E-state index contributed by atoms with van der Waals surface area (Å²) >= 11 is 0. The summed E-state index contributed by atoms with van der Waals surface area (Å²) < 4.78 is 4.64. The van der Waals surface area contributed by atoms with Gasteiger partial charge in [0, 0.05) is 6.42 Å². The van der Waals surface area contributed by atoms with Crippen LogP contribution in [0.1, 0.15) is 96.8 Å². The van der Waals surface area contributed by atoms with Crippen molar-refractivity contribution in [2.45, 2.75) is 96.8 Å². The molecule has 0 radical (unpaired) electrons. The van der Waals surface area contributed by atoms with Gasteiger partial charge in [-0.3, -0.25) is 4.79 Å². The van der Waals surface area contributed by atoms with Crippen LogP contribution in [0, 0.1) is 0 Å². The van der Waals surface area contributed by atoms with E-state index in [0.29, 0.717) is 6.42 Å². The molecular formula is C22H36O4. The van der Waals surface area contributed by atoms with Crippen molar-refractivity contribution < 1.29 is 19.4 Å². The fourth-order valence-corrected chi connectivity index (χ4v) is 3.15. The second-order valence-electron chi connectivity index (χ2n) is 7.16. The Bertz CT molecular complexity index is 477. The zero-order valence-electron chi connectivity index (χ0n) is 16.4. The Balaban J connectivity index is 1.89. The molecule has 1 N–H and O–H groups in total. The van der Waals surface area contributed by atoms with E-state index in [9.17, 15) is 14.7 Å². The summed E-state index contributed by atoms with van der Waals surface area (Å²) in [6, 6.07) is 0. The summed E-state index contributed by atoms with van der Waals surface area (Å²) in [4.78, 5) is 23.2. The van der Waals surface area contributed by atoms with Crippen molar-refractivity contribution in [2.24, 2.45) is 0 Å². The number of carbonyl (C=O) groups excluding carboxylic acids is 2. The molecule has 0 aliphatic carbocycles. The van der Waals surface area contributed by atoms with E-state index in [1.54, 1.807) is 0 Å². The SMILES string of the molecule is CCCCCCCCC=CCCCCCCCC(=O)C1=C(O)COC1=O. The maximum atomic E-state index is 11.9. The van der Waals surface area contributed by atoms with E-state index in [-0.39, 0.29) is 23.7 Å². The van der Waals surface area contributed by atoms with Crippen LogP contribution in [0.3, 0.4) is 0 Å². The molecule has 26 heavy (non-hydrogen) atoms. The van der Waals surface area contributed by atoms with Crippen LogP contribution in [-0.4, -0.2) is 23.5 Å². The molecule has 148 valence electrons. The number of aliphatic hydroxyl groups is 1. The third kappa shape index (κ3) is 9.79. The van der Waals surface area contributed by atoms with Crippen molar-refractivity contribution in [3.8, 4) is 0 Å². The van der Waals surface area contributed by atoms with Crippen LogP contribution >= 0.6 is 0 Å². The van der Waals surface area contributed by atoms with Crippen LogP contribution in [0.5, 0.6) is 0 Å². The van der Waals surface area contributed by atoms with Gasteiger partial charge in [0.1, 0.15) is 17.9 Å². The van der Waals surface area contributed by atoms with Crippen LogP contribution in [0.2, 0.25) is 0 Å². The highest BCUT2D eigenvalue weighted by Gasteiger charge is 2.29. The molecule has 0 saturated heterocycles. The normalized spacial score (nSPS) is 14.4. The fourth-order valence-electron chi connectivity index (χ4n) is 3.15. The topological polar surface area (TPSA) is 63.6 Å². The van der Waals surface area contributed by atoms with Crippen molar-refractivity contribution in [3.63, 3.8) is 0 Å². The number of cyclic esters (lactones) is 1.